The number of amides is 2. The first-order chi connectivity index (χ1) is 9.08. The van der Waals surface area contributed by atoms with Crippen molar-refractivity contribution in [2.45, 2.75) is 12.8 Å². The minimum atomic E-state index is -0.640. The van der Waals surface area contributed by atoms with Gasteiger partial charge in [0.25, 0.3) is 0 Å². The molecule has 0 spiro atoms. The quantitative estimate of drug-likeness (QED) is 0.552. The van der Waals surface area contributed by atoms with Crippen LogP contribution in [0.3, 0.4) is 0 Å². The molecule has 0 aliphatic carbocycles. The van der Waals surface area contributed by atoms with Crippen molar-refractivity contribution >= 4 is 27.7 Å². The van der Waals surface area contributed by atoms with Crippen molar-refractivity contribution in [2.24, 2.45) is 5.73 Å². The van der Waals surface area contributed by atoms with Gasteiger partial charge in [-0.2, -0.15) is 0 Å². The molecule has 0 bridgehead atoms. The second-order valence-electron chi connectivity index (χ2n) is 3.69. The molecule has 0 saturated carbocycles. The Hall–Kier alpha value is -1.60. The first-order valence-electron chi connectivity index (χ1n) is 5.65. The number of carbonyl (C=O) groups excluding carboxylic acids is 2. The van der Waals surface area contributed by atoms with E-state index in [9.17, 15) is 9.59 Å². The van der Waals surface area contributed by atoms with Crippen LogP contribution < -0.4 is 16.0 Å². The lowest BCUT2D eigenvalue weighted by Crippen LogP contribution is -2.29. The third kappa shape index (κ3) is 7.43. The van der Waals surface area contributed by atoms with E-state index in [2.05, 4.69) is 26.2 Å². The molecule has 104 valence electrons. The molecule has 0 aromatic heterocycles. The second kappa shape index (κ2) is 8.49. The highest BCUT2D eigenvalue weighted by Crippen LogP contribution is 2.16. The molecule has 19 heavy (non-hydrogen) atoms. The Morgan fingerprint density at radius 3 is 2.58 bits per heavy atom. The first-order valence-corrected chi connectivity index (χ1v) is 6.44. The number of benzene rings is 1. The maximum absolute atomic E-state index is 11.2. The molecule has 1 aromatic rings. The van der Waals surface area contributed by atoms with Crippen LogP contribution >= 0.6 is 15.9 Å². The van der Waals surface area contributed by atoms with Crippen molar-refractivity contribution in [1.82, 2.24) is 5.48 Å². The summed E-state index contributed by atoms with van der Waals surface area (Å²) in [5, 5.41) is 0. The van der Waals surface area contributed by atoms with Gasteiger partial charge in [-0.1, -0.05) is 15.9 Å². The van der Waals surface area contributed by atoms with Crippen LogP contribution in [-0.2, 0) is 14.4 Å². The molecule has 1 aromatic carbocycles. The van der Waals surface area contributed by atoms with Crippen LogP contribution in [0.5, 0.6) is 5.75 Å². The van der Waals surface area contributed by atoms with Crippen molar-refractivity contribution in [3.05, 3.63) is 28.7 Å². The molecule has 0 radical (unpaired) electrons. The summed E-state index contributed by atoms with van der Waals surface area (Å²) in [7, 11) is 0. The topological polar surface area (TPSA) is 90.7 Å². The molecule has 0 atom stereocenters. The predicted octanol–water partition coefficient (Wildman–Crippen LogP) is 1.14. The summed E-state index contributed by atoms with van der Waals surface area (Å²) in [5.74, 6) is -0.215. The van der Waals surface area contributed by atoms with Gasteiger partial charge in [-0.05, 0) is 30.7 Å². The number of carbonyl (C=O) groups is 2. The molecule has 0 heterocycles. The van der Waals surface area contributed by atoms with E-state index < -0.39 is 5.91 Å². The summed E-state index contributed by atoms with van der Waals surface area (Å²) < 4.78 is 6.42. The lowest BCUT2D eigenvalue weighted by molar-refractivity contribution is -0.138. The molecule has 0 aliphatic rings. The van der Waals surface area contributed by atoms with Crippen molar-refractivity contribution in [3.63, 3.8) is 0 Å². The Balaban J connectivity index is 2.08. The summed E-state index contributed by atoms with van der Waals surface area (Å²) in [6.45, 7) is 0.0893. The maximum atomic E-state index is 11.2. The van der Waals surface area contributed by atoms with E-state index in [1.165, 1.54) is 0 Å². The van der Waals surface area contributed by atoms with E-state index in [0.29, 0.717) is 13.0 Å². The largest absolute Gasteiger partial charge is 0.494 e. The van der Waals surface area contributed by atoms with Crippen LogP contribution in [0.4, 0.5) is 0 Å². The second-order valence-corrected chi connectivity index (χ2v) is 4.60. The Labute approximate surface area is 119 Å². The van der Waals surface area contributed by atoms with E-state index in [4.69, 9.17) is 10.5 Å². The molecule has 0 aliphatic heterocycles. The number of halogens is 1. The van der Waals surface area contributed by atoms with Crippen LogP contribution in [0.25, 0.3) is 0 Å². The molecule has 7 heteroatoms. The van der Waals surface area contributed by atoms with E-state index in [1.807, 2.05) is 24.3 Å². The zero-order valence-electron chi connectivity index (χ0n) is 10.2. The Kier molecular flexibility index (Phi) is 6.91. The third-order valence-corrected chi connectivity index (χ3v) is 2.56. The number of nitrogens with one attached hydrogen (secondary N) is 1. The van der Waals surface area contributed by atoms with Crippen molar-refractivity contribution < 1.29 is 19.2 Å². The van der Waals surface area contributed by atoms with E-state index in [0.717, 1.165) is 10.2 Å². The zero-order valence-corrected chi connectivity index (χ0v) is 11.8. The van der Waals surface area contributed by atoms with Gasteiger partial charge in [0.2, 0.25) is 11.8 Å². The van der Waals surface area contributed by atoms with Gasteiger partial charge in [0.15, 0.2) is 6.61 Å². The fourth-order valence-electron chi connectivity index (χ4n) is 1.19. The van der Waals surface area contributed by atoms with Gasteiger partial charge in [0.1, 0.15) is 5.75 Å². The average Bonchev–Trinajstić information content (AvgIpc) is 2.36. The lowest BCUT2D eigenvalue weighted by atomic mass is 10.3. The Morgan fingerprint density at radius 1 is 1.26 bits per heavy atom. The van der Waals surface area contributed by atoms with Gasteiger partial charge in [-0.25, -0.2) is 5.48 Å². The maximum Gasteiger partial charge on any atom is 0.246 e. The summed E-state index contributed by atoms with van der Waals surface area (Å²) in [4.78, 5) is 26.1. The third-order valence-electron chi connectivity index (χ3n) is 2.03. The fraction of sp³-hybridized carbons (Fsp3) is 0.333. The summed E-state index contributed by atoms with van der Waals surface area (Å²) >= 11 is 3.33. The smallest absolute Gasteiger partial charge is 0.246 e. The van der Waals surface area contributed by atoms with Crippen LogP contribution in [-0.4, -0.2) is 25.0 Å². The summed E-state index contributed by atoms with van der Waals surface area (Å²) in [6.07, 6.45) is 0.789. The Bertz CT molecular complexity index is 422. The number of ether oxygens (including phenoxy) is 1. The number of hydrogen-bond donors (Lipinski definition) is 2. The normalized spacial score (nSPS) is 9.95. The minimum Gasteiger partial charge on any atom is -0.494 e. The summed E-state index contributed by atoms with van der Waals surface area (Å²) in [5.41, 5.74) is 6.96. The van der Waals surface area contributed by atoms with Gasteiger partial charge in [-0.15, -0.1) is 0 Å². The predicted molar refractivity (Wildman–Crippen MR) is 72.2 cm³/mol. The lowest BCUT2D eigenvalue weighted by Gasteiger charge is -2.06. The highest BCUT2D eigenvalue weighted by atomic mass is 79.9. The molecule has 3 N–H and O–H groups in total. The number of hydrogen-bond acceptors (Lipinski definition) is 4. The molecule has 2 amide bonds. The van der Waals surface area contributed by atoms with E-state index in [1.54, 1.807) is 0 Å². The SMILES string of the molecule is NC(=O)CONC(=O)CCCOc1ccc(Br)cc1. The Morgan fingerprint density at radius 2 is 1.95 bits per heavy atom. The van der Waals surface area contributed by atoms with Crippen molar-refractivity contribution in [3.8, 4) is 5.75 Å². The first kappa shape index (κ1) is 15.5. The average molecular weight is 331 g/mol. The number of primary amides is 1. The van der Waals surface area contributed by atoms with Gasteiger partial charge < -0.3 is 10.5 Å². The van der Waals surface area contributed by atoms with Gasteiger partial charge >= 0.3 is 0 Å². The standard InChI is InChI=1S/C12H15BrN2O4/c13-9-3-5-10(6-4-9)18-7-1-2-12(17)15-19-8-11(14)16/h3-6H,1-2,7-8H2,(H2,14,16)(H,15,17). The van der Waals surface area contributed by atoms with Crippen molar-refractivity contribution in [2.75, 3.05) is 13.2 Å². The van der Waals surface area contributed by atoms with Crippen LogP contribution in [0, 0.1) is 0 Å². The van der Waals surface area contributed by atoms with Crippen LogP contribution in [0.1, 0.15) is 12.8 Å². The zero-order chi connectivity index (χ0) is 14.1. The molecule has 0 saturated heterocycles. The molecule has 1 rings (SSSR count). The van der Waals surface area contributed by atoms with Gasteiger partial charge in [0.05, 0.1) is 6.61 Å². The van der Waals surface area contributed by atoms with Crippen LogP contribution in [0.2, 0.25) is 0 Å². The van der Waals surface area contributed by atoms with Crippen LogP contribution in [0.15, 0.2) is 28.7 Å². The summed E-state index contributed by atoms with van der Waals surface area (Å²) in [6, 6.07) is 7.42. The molecule has 6 nitrogen and oxygen atoms in total. The monoisotopic (exact) mass is 330 g/mol. The minimum absolute atomic E-state index is 0.245. The molecule has 0 unspecified atom stereocenters. The number of nitrogens with two attached hydrogens (primary N) is 1. The molecule has 0 fully saturated rings. The highest BCUT2D eigenvalue weighted by Gasteiger charge is 2.02. The molecular formula is C12H15BrN2O4. The highest BCUT2D eigenvalue weighted by molar-refractivity contribution is 9.10. The number of hydroxylamine groups is 1. The van der Waals surface area contributed by atoms with Crippen molar-refractivity contribution in [1.29, 1.82) is 0 Å². The van der Waals surface area contributed by atoms with E-state index >= 15 is 0 Å². The van der Waals surface area contributed by atoms with E-state index in [-0.39, 0.29) is 18.9 Å². The van der Waals surface area contributed by atoms with Gasteiger partial charge in [0, 0.05) is 10.9 Å². The number of rotatable bonds is 8. The molecular weight excluding hydrogens is 316 g/mol. The van der Waals surface area contributed by atoms with Gasteiger partial charge in [-0.3, -0.25) is 14.4 Å². The fourth-order valence-corrected chi connectivity index (χ4v) is 1.46.